The summed E-state index contributed by atoms with van der Waals surface area (Å²) >= 11 is 0. The van der Waals surface area contributed by atoms with Gasteiger partial charge < -0.3 is 10.6 Å². The number of halogens is 2. The first kappa shape index (κ1) is 29.8. The first-order valence-electron chi connectivity index (χ1n) is 13.9. The van der Waals surface area contributed by atoms with Crippen LogP contribution in [0.5, 0.6) is 0 Å². The zero-order valence-corrected chi connectivity index (χ0v) is 23.7. The van der Waals surface area contributed by atoms with Gasteiger partial charge in [-0.25, -0.2) is 13.6 Å². The standard InChI is InChI=1S/C31H32F2N6O4/c1-21-29(36-16-14-35(15-17-36)18-23-10-5-6-13-28(23)39(42)43)30(40)38(20-27(34)22-8-3-2-4-9-22)31(41)37(21)19-24-25(32)11-7-12-26(24)33/h2-13,27H,14-20,34H2,1H3/t27-/m0/s1. The number of nitro benzene ring substituents is 1. The SMILES string of the molecule is Cc1c(N2CCN(Cc3ccccc3[N+](=O)[O-])CC2)c(=O)n(C[C@H](N)c2ccccc2)c(=O)n1Cc1c(F)cccc1F. The summed E-state index contributed by atoms with van der Waals surface area (Å²) in [6.45, 7) is 3.21. The van der Waals surface area contributed by atoms with Gasteiger partial charge in [-0.1, -0.05) is 54.6 Å². The van der Waals surface area contributed by atoms with Gasteiger partial charge in [-0.15, -0.1) is 0 Å². The average Bonchev–Trinajstić information content (AvgIpc) is 3.00. The Bertz CT molecular complexity index is 1730. The Hall–Kier alpha value is -4.68. The Balaban J connectivity index is 1.49. The first-order chi connectivity index (χ1) is 20.7. The van der Waals surface area contributed by atoms with Crippen molar-refractivity contribution in [2.24, 2.45) is 5.73 Å². The lowest BCUT2D eigenvalue weighted by molar-refractivity contribution is -0.385. The quantitative estimate of drug-likeness (QED) is 0.234. The van der Waals surface area contributed by atoms with Crippen molar-refractivity contribution < 1.29 is 13.7 Å². The maximum atomic E-state index is 14.7. The highest BCUT2D eigenvalue weighted by Gasteiger charge is 2.27. The third kappa shape index (κ3) is 6.25. The van der Waals surface area contributed by atoms with Crippen molar-refractivity contribution >= 4 is 11.4 Å². The smallest absolute Gasteiger partial charge is 0.331 e. The van der Waals surface area contributed by atoms with E-state index in [1.54, 1.807) is 49.4 Å². The topological polar surface area (TPSA) is 120 Å². The third-order valence-electron chi connectivity index (χ3n) is 7.91. The van der Waals surface area contributed by atoms with Crippen LogP contribution in [-0.4, -0.2) is 45.1 Å². The zero-order valence-electron chi connectivity index (χ0n) is 23.7. The fourth-order valence-electron chi connectivity index (χ4n) is 5.53. The Morgan fingerprint density at radius 3 is 2.14 bits per heavy atom. The molecule has 4 aromatic rings. The van der Waals surface area contributed by atoms with Crippen molar-refractivity contribution in [3.8, 4) is 0 Å². The molecule has 0 spiro atoms. The van der Waals surface area contributed by atoms with Crippen LogP contribution in [0.4, 0.5) is 20.2 Å². The number of rotatable bonds is 9. The second-order valence-corrected chi connectivity index (χ2v) is 10.6. The molecule has 0 radical (unpaired) electrons. The molecule has 5 rings (SSSR count). The van der Waals surface area contributed by atoms with Crippen LogP contribution in [0, 0.1) is 28.7 Å². The molecule has 224 valence electrons. The summed E-state index contributed by atoms with van der Waals surface area (Å²) in [5, 5.41) is 11.5. The molecule has 1 aliphatic rings. The van der Waals surface area contributed by atoms with Gasteiger partial charge in [-0.3, -0.25) is 28.9 Å². The molecule has 0 amide bonds. The Morgan fingerprint density at radius 1 is 0.860 bits per heavy atom. The number of aromatic nitrogens is 2. The van der Waals surface area contributed by atoms with Crippen molar-refractivity contribution in [3.63, 3.8) is 0 Å². The van der Waals surface area contributed by atoms with E-state index in [0.29, 0.717) is 38.3 Å². The predicted octanol–water partition coefficient (Wildman–Crippen LogP) is 3.58. The lowest BCUT2D eigenvalue weighted by atomic mass is 10.1. The van der Waals surface area contributed by atoms with Gasteiger partial charge in [0.15, 0.2) is 0 Å². The number of hydrogen-bond donors (Lipinski definition) is 1. The Morgan fingerprint density at radius 2 is 1.49 bits per heavy atom. The van der Waals surface area contributed by atoms with Crippen molar-refractivity contribution in [1.29, 1.82) is 0 Å². The number of nitrogens with zero attached hydrogens (tertiary/aromatic N) is 5. The van der Waals surface area contributed by atoms with E-state index in [2.05, 4.69) is 4.90 Å². The number of nitro groups is 1. The van der Waals surface area contributed by atoms with E-state index in [0.717, 1.165) is 22.3 Å². The molecule has 2 N–H and O–H groups in total. The van der Waals surface area contributed by atoms with Gasteiger partial charge in [0.05, 0.1) is 18.0 Å². The second-order valence-electron chi connectivity index (χ2n) is 10.6. The second kappa shape index (κ2) is 12.7. The van der Waals surface area contributed by atoms with Gasteiger partial charge in [0, 0.05) is 61.7 Å². The van der Waals surface area contributed by atoms with Gasteiger partial charge >= 0.3 is 5.69 Å². The van der Waals surface area contributed by atoms with Crippen LogP contribution in [0.2, 0.25) is 0 Å². The summed E-state index contributed by atoms with van der Waals surface area (Å²) in [4.78, 5) is 42.6. The van der Waals surface area contributed by atoms with Crippen LogP contribution in [0.25, 0.3) is 0 Å². The number of piperazine rings is 1. The van der Waals surface area contributed by atoms with Crippen molar-refractivity contribution in [2.75, 3.05) is 31.1 Å². The van der Waals surface area contributed by atoms with Gasteiger partial charge in [0.25, 0.3) is 11.2 Å². The van der Waals surface area contributed by atoms with E-state index in [4.69, 9.17) is 5.73 Å². The lowest BCUT2D eigenvalue weighted by Gasteiger charge is -2.36. The Kier molecular flexibility index (Phi) is 8.78. The molecule has 1 aliphatic heterocycles. The summed E-state index contributed by atoms with van der Waals surface area (Å²) in [7, 11) is 0. The van der Waals surface area contributed by atoms with Gasteiger partial charge in [0.1, 0.15) is 17.3 Å². The van der Waals surface area contributed by atoms with E-state index < -0.39 is 40.4 Å². The number of para-hydroxylation sites is 1. The molecule has 1 aromatic heterocycles. The molecule has 10 nitrogen and oxygen atoms in total. The minimum atomic E-state index is -0.796. The van der Waals surface area contributed by atoms with Crippen LogP contribution in [0.1, 0.15) is 28.4 Å². The Labute approximate surface area is 246 Å². The third-order valence-corrected chi connectivity index (χ3v) is 7.91. The van der Waals surface area contributed by atoms with Crippen LogP contribution < -0.4 is 21.9 Å². The maximum Gasteiger partial charge on any atom is 0.331 e. The summed E-state index contributed by atoms with van der Waals surface area (Å²) in [5.41, 5.74) is 6.78. The molecular formula is C31H32F2N6O4. The molecule has 1 saturated heterocycles. The summed E-state index contributed by atoms with van der Waals surface area (Å²) in [6, 6.07) is 18.4. The minimum absolute atomic E-state index is 0.0471. The minimum Gasteiger partial charge on any atom is -0.363 e. The molecule has 0 unspecified atom stereocenters. The summed E-state index contributed by atoms with van der Waals surface area (Å²) in [5.74, 6) is -1.59. The molecule has 2 heterocycles. The number of benzene rings is 3. The molecule has 43 heavy (non-hydrogen) atoms. The number of nitrogens with two attached hydrogens (primary N) is 1. The highest BCUT2D eigenvalue weighted by Crippen LogP contribution is 2.23. The van der Waals surface area contributed by atoms with Gasteiger partial charge in [-0.2, -0.15) is 0 Å². The lowest BCUT2D eigenvalue weighted by Crippen LogP contribution is -2.51. The maximum absolute atomic E-state index is 14.7. The van der Waals surface area contributed by atoms with Crippen molar-refractivity contribution in [3.05, 3.63) is 138 Å². The molecular weight excluding hydrogens is 558 g/mol. The van der Waals surface area contributed by atoms with Crippen LogP contribution >= 0.6 is 0 Å². The number of hydrogen-bond acceptors (Lipinski definition) is 7. The fraction of sp³-hybridized carbons (Fsp3) is 0.290. The van der Waals surface area contributed by atoms with Crippen molar-refractivity contribution in [2.45, 2.75) is 32.6 Å². The molecule has 1 fully saturated rings. The van der Waals surface area contributed by atoms with E-state index in [1.165, 1.54) is 16.7 Å². The molecule has 0 bridgehead atoms. The van der Waals surface area contributed by atoms with E-state index >= 15 is 0 Å². The molecule has 12 heteroatoms. The average molecular weight is 591 g/mol. The largest absolute Gasteiger partial charge is 0.363 e. The summed E-state index contributed by atoms with van der Waals surface area (Å²) in [6.07, 6.45) is 0. The van der Waals surface area contributed by atoms with E-state index in [9.17, 15) is 28.5 Å². The van der Waals surface area contributed by atoms with Gasteiger partial charge in [0.2, 0.25) is 0 Å². The number of anilines is 1. The molecule has 0 saturated carbocycles. The molecule has 1 atom stereocenters. The highest BCUT2D eigenvalue weighted by atomic mass is 19.1. The molecule has 0 aliphatic carbocycles. The molecule has 3 aromatic carbocycles. The van der Waals surface area contributed by atoms with Gasteiger partial charge in [-0.05, 0) is 24.6 Å². The predicted molar refractivity (Wildman–Crippen MR) is 159 cm³/mol. The van der Waals surface area contributed by atoms with Crippen molar-refractivity contribution in [1.82, 2.24) is 14.0 Å². The fourth-order valence-corrected chi connectivity index (χ4v) is 5.53. The van der Waals surface area contributed by atoms with E-state index in [-0.39, 0.29) is 29.2 Å². The van der Waals surface area contributed by atoms with Crippen LogP contribution in [0.15, 0.2) is 82.4 Å². The zero-order chi connectivity index (χ0) is 30.7. The normalized spacial score (nSPS) is 14.6. The summed E-state index contributed by atoms with van der Waals surface area (Å²) < 4.78 is 31.6. The highest BCUT2D eigenvalue weighted by molar-refractivity contribution is 5.50. The van der Waals surface area contributed by atoms with Crippen LogP contribution in [-0.2, 0) is 19.6 Å². The monoisotopic (exact) mass is 590 g/mol. The van der Waals surface area contributed by atoms with E-state index in [1.807, 2.05) is 11.0 Å². The van der Waals surface area contributed by atoms with Crippen LogP contribution in [0.3, 0.4) is 0 Å². The first-order valence-corrected chi connectivity index (χ1v) is 13.9.